The van der Waals surface area contributed by atoms with Gasteiger partial charge in [-0.15, -0.1) is 0 Å². The van der Waals surface area contributed by atoms with Gasteiger partial charge in [0.2, 0.25) is 0 Å². The summed E-state index contributed by atoms with van der Waals surface area (Å²) < 4.78 is 0. The number of anilines is 2. The molecule has 0 aliphatic carbocycles. The fraction of sp³-hybridized carbons (Fsp3) is 0.294. The lowest BCUT2D eigenvalue weighted by atomic mass is 10.1. The third-order valence-electron chi connectivity index (χ3n) is 3.75. The van der Waals surface area contributed by atoms with Crippen LogP contribution in [0.4, 0.5) is 11.5 Å². The number of nitrogens with one attached hydrogen (secondary N) is 3. The molecule has 0 saturated heterocycles. The minimum Gasteiger partial charge on any atom is -0.380 e. The monoisotopic (exact) mass is 293 g/mol. The van der Waals surface area contributed by atoms with E-state index in [1.54, 1.807) is 6.20 Å². The van der Waals surface area contributed by atoms with Gasteiger partial charge in [-0.1, -0.05) is 12.1 Å². The van der Waals surface area contributed by atoms with Gasteiger partial charge in [-0.2, -0.15) is 5.26 Å². The molecular weight excluding hydrogens is 274 g/mol. The SMILES string of the molecule is N#Cc1ccc(CCNC[C@@H]2CNc3cccnc3N2)cc1. The van der Waals surface area contributed by atoms with E-state index in [9.17, 15) is 0 Å². The summed E-state index contributed by atoms with van der Waals surface area (Å²) in [6.45, 7) is 2.70. The van der Waals surface area contributed by atoms with Crippen molar-refractivity contribution in [2.75, 3.05) is 30.3 Å². The van der Waals surface area contributed by atoms with E-state index in [1.807, 2.05) is 36.4 Å². The molecule has 112 valence electrons. The smallest absolute Gasteiger partial charge is 0.149 e. The Morgan fingerprint density at radius 2 is 2.14 bits per heavy atom. The van der Waals surface area contributed by atoms with Gasteiger partial charge in [0.15, 0.2) is 0 Å². The van der Waals surface area contributed by atoms with E-state index in [0.717, 1.165) is 37.6 Å². The molecule has 0 amide bonds. The summed E-state index contributed by atoms with van der Waals surface area (Å²) in [7, 11) is 0. The lowest BCUT2D eigenvalue weighted by Gasteiger charge is -2.27. The zero-order chi connectivity index (χ0) is 15.2. The van der Waals surface area contributed by atoms with Crippen molar-refractivity contribution in [2.45, 2.75) is 12.5 Å². The molecule has 2 heterocycles. The van der Waals surface area contributed by atoms with E-state index in [4.69, 9.17) is 5.26 Å². The van der Waals surface area contributed by atoms with Crippen molar-refractivity contribution in [3.05, 3.63) is 53.7 Å². The maximum atomic E-state index is 8.78. The number of pyridine rings is 1. The Kier molecular flexibility index (Phi) is 4.52. The summed E-state index contributed by atoms with van der Waals surface area (Å²) in [6, 6.07) is 14.2. The maximum Gasteiger partial charge on any atom is 0.149 e. The van der Waals surface area contributed by atoms with Crippen LogP contribution in [0.15, 0.2) is 42.6 Å². The number of benzene rings is 1. The van der Waals surface area contributed by atoms with Crippen LogP contribution in [0, 0.1) is 11.3 Å². The molecule has 1 aliphatic heterocycles. The molecule has 0 saturated carbocycles. The van der Waals surface area contributed by atoms with Crippen LogP contribution in [-0.2, 0) is 6.42 Å². The van der Waals surface area contributed by atoms with Crippen LogP contribution in [0.1, 0.15) is 11.1 Å². The van der Waals surface area contributed by atoms with E-state index < -0.39 is 0 Å². The number of hydrogen-bond acceptors (Lipinski definition) is 5. The predicted molar refractivity (Wildman–Crippen MR) is 87.9 cm³/mol. The Labute approximate surface area is 130 Å². The summed E-state index contributed by atoms with van der Waals surface area (Å²) in [4.78, 5) is 4.33. The molecule has 0 unspecified atom stereocenters. The van der Waals surface area contributed by atoms with Gasteiger partial charge in [0.1, 0.15) is 5.82 Å². The molecule has 0 spiro atoms. The largest absolute Gasteiger partial charge is 0.380 e. The van der Waals surface area contributed by atoms with Crippen LogP contribution in [0.3, 0.4) is 0 Å². The van der Waals surface area contributed by atoms with E-state index in [2.05, 4.69) is 27.0 Å². The highest BCUT2D eigenvalue weighted by Gasteiger charge is 2.16. The van der Waals surface area contributed by atoms with Crippen LogP contribution in [-0.4, -0.2) is 30.7 Å². The molecule has 0 fully saturated rings. The molecule has 1 atom stereocenters. The second-order valence-corrected chi connectivity index (χ2v) is 5.38. The van der Waals surface area contributed by atoms with Crippen molar-refractivity contribution in [1.82, 2.24) is 10.3 Å². The van der Waals surface area contributed by atoms with Crippen molar-refractivity contribution in [3.63, 3.8) is 0 Å². The third-order valence-corrected chi connectivity index (χ3v) is 3.75. The minimum absolute atomic E-state index is 0.336. The zero-order valence-electron chi connectivity index (χ0n) is 12.3. The first-order valence-corrected chi connectivity index (χ1v) is 7.50. The summed E-state index contributed by atoms with van der Waals surface area (Å²) in [5.41, 5.74) is 3.02. The molecule has 22 heavy (non-hydrogen) atoms. The Morgan fingerprint density at radius 3 is 2.95 bits per heavy atom. The first kappa shape index (κ1) is 14.4. The van der Waals surface area contributed by atoms with Crippen LogP contribution < -0.4 is 16.0 Å². The van der Waals surface area contributed by atoms with E-state index in [1.165, 1.54) is 5.56 Å². The third kappa shape index (κ3) is 3.54. The summed E-state index contributed by atoms with van der Waals surface area (Å²) >= 11 is 0. The van der Waals surface area contributed by atoms with Crippen molar-refractivity contribution in [2.24, 2.45) is 0 Å². The highest BCUT2D eigenvalue weighted by molar-refractivity contribution is 5.66. The van der Waals surface area contributed by atoms with E-state index in [-0.39, 0.29) is 0 Å². The number of nitrogens with zero attached hydrogens (tertiary/aromatic N) is 2. The average molecular weight is 293 g/mol. The summed E-state index contributed by atoms with van der Waals surface area (Å²) in [5.74, 6) is 0.924. The Balaban J connectivity index is 1.41. The molecule has 0 bridgehead atoms. The zero-order valence-corrected chi connectivity index (χ0v) is 12.3. The van der Waals surface area contributed by atoms with Crippen LogP contribution in [0.25, 0.3) is 0 Å². The summed E-state index contributed by atoms with van der Waals surface area (Å²) in [5, 5.41) is 19.1. The first-order chi connectivity index (χ1) is 10.8. The second-order valence-electron chi connectivity index (χ2n) is 5.38. The second kappa shape index (κ2) is 6.92. The number of rotatable bonds is 5. The lowest BCUT2D eigenvalue weighted by molar-refractivity contribution is 0.610. The van der Waals surface area contributed by atoms with Crippen LogP contribution in [0.5, 0.6) is 0 Å². The molecule has 5 heteroatoms. The van der Waals surface area contributed by atoms with Gasteiger partial charge in [0.05, 0.1) is 23.4 Å². The molecule has 1 aromatic carbocycles. The fourth-order valence-corrected chi connectivity index (χ4v) is 2.52. The van der Waals surface area contributed by atoms with E-state index in [0.29, 0.717) is 11.6 Å². The molecule has 3 N–H and O–H groups in total. The summed E-state index contributed by atoms with van der Waals surface area (Å²) in [6.07, 6.45) is 2.76. The van der Waals surface area contributed by atoms with Crippen LogP contribution >= 0.6 is 0 Å². The molecule has 2 aromatic rings. The van der Waals surface area contributed by atoms with Crippen molar-refractivity contribution >= 4 is 11.5 Å². The van der Waals surface area contributed by atoms with Gasteiger partial charge < -0.3 is 16.0 Å². The van der Waals surface area contributed by atoms with E-state index >= 15 is 0 Å². The highest BCUT2D eigenvalue weighted by Crippen LogP contribution is 2.22. The number of aromatic nitrogens is 1. The van der Waals surface area contributed by atoms with Crippen molar-refractivity contribution in [1.29, 1.82) is 5.26 Å². The normalized spacial score (nSPS) is 16.0. The number of nitriles is 1. The fourth-order valence-electron chi connectivity index (χ4n) is 2.52. The topological polar surface area (TPSA) is 72.8 Å². The molecular formula is C17H19N5. The van der Waals surface area contributed by atoms with Gasteiger partial charge >= 0.3 is 0 Å². The van der Waals surface area contributed by atoms with Crippen molar-refractivity contribution in [3.8, 4) is 6.07 Å². The predicted octanol–water partition coefficient (Wildman–Crippen LogP) is 1.99. The number of hydrogen-bond donors (Lipinski definition) is 3. The van der Waals surface area contributed by atoms with Gasteiger partial charge in [-0.05, 0) is 42.8 Å². The average Bonchev–Trinajstić information content (AvgIpc) is 2.59. The Bertz CT molecular complexity index is 659. The van der Waals surface area contributed by atoms with Crippen LogP contribution in [0.2, 0.25) is 0 Å². The first-order valence-electron chi connectivity index (χ1n) is 7.50. The molecule has 5 nitrogen and oxygen atoms in total. The Morgan fingerprint density at radius 1 is 1.27 bits per heavy atom. The maximum absolute atomic E-state index is 8.78. The molecule has 3 rings (SSSR count). The molecule has 1 aromatic heterocycles. The standard InChI is InChI=1S/C17H19N5/c18-10-14-5-3-13(4-6-14)7-9-19-11-15-12-21-16-2-1-8-20-17(16)22-15/h1-6,8,15,19,21H,7,9,11-12H2,(H,20,22)/t15-/m1/s1. The highest BCUT2D eigenvalue weighted by atomic mass is 15.1. The van der Waals surface area contributed by atoms with Gasteiger partial charge in [-0.3, -0.25) is 0 Å². The minimum atomic E-state index is 0.336. The lowest BCUT2D eigenvalue weighted by Crippen LogP contribution is -2.41. The Hall–Kier alpha value is -2.58. The quantitative estimate of drug-likeness (QED) is 0.735. The number of fused-ring (bicyclic) bond motifs is 1. The molecule has 1 aliphatic rings. The van der Waals surface area contributed by atoms with Gasteiger partial charge in [0.25, 0.3) is 0 Å². The van der Waals surface area contributed by atoms with Gasteiger partial charge in [-0.25, -0.2) is 4.98 Å². The van der Waals surface area contributed by atoms with Crippen molar-refractivity contribution < 1.29 is 0 Å². The molecule has 0 radical (unpaired) electrons. The van der Waals surface area contributed by atoms with Gasteiger partial charge in [0, 0.05) is 19.3 Å².